The van der Waals surface area contributed by atoms with E-state index in [0.717, 1.165) is 4.88 Å². The van der Waals surface area contributed by atoms with Crippen LogP contribution in [0.4, 0.5) is 5.69 Å². The molecule has 1 aliphatic rings. The van der Waals surface area contributed by atoms with E-state index in [9.17, 15) is 19.2 Å². The number of thiophene rings is 1. The van der Waals surface area contributed by atoms with Crippen LogP contribution in [0.3, 0.4) is 0 Å². The normalized spacial score (nSPS) is 16.8. The summed E-state index contributed by atoms with van der Waals surface area (Å²) < 4.78 is 9.62. The van der Waals surface area contributed by atoms with Gasteiger partial charge in [-0.3, -0.25) is 9.59 Å². The predicted octanol–water partition coefficient (Wildman–Crippen LogP) is 4.90. The molecular formula is C28H28N2O6S. The van der Waals surface area contributed by atoms with Gasteiger partial charge in [-0.15, -0.1) is 11.3 Å². The second-order valence-corrected chi connectivity index (χ2v) is 10.1. The quantitative estimate of drug-likeness (QED) is 0.445. The maximum absolute atomic E-state index is 14.0. The van der Waals surface area contributed by atoms with Gasteiger partial charge in [0.05, 0.1) is 37.3 Å². The number of fused-ring (bicyclic) bond motifs is 1. The molecule has 2 heterocycles. The van der Waals surface area contributed by atoms with Crippen LogP contribution >= 0.6 is 11.3 Å². The third kappa shape index (κ3) is 5.27. The van der Waals surface area contributed by atoms with E-state index >= 15 is 0 Å². The van der Waals surface area contributed by atoms with E-state index in [-0.39, 0.29) is 34.5 Å². The number of nitrogens with one attached hydrogen (secondary N) is 1. The summed E-state index contributed by atoms with van der Waals surface area (Å²) in [5.41, 5.74) is 1.53. The fourth-order valence-electron chi connectivity index (χ4n) is 4.64. The van der Waals surface area contributed by atoms with Crippen LogP contribution in [-0.2, 0) is 14.3 Å². The van der Waals surface area contributed by atoms with Crippen LogP contribution in [0.15, 0.2) is 60.0 Å². The second-order valence-electron chi connectivity index (χ2n) is 9.15. The second kappa shape index (κ2) is 11.0. The van der Waals surface area contributed by atoms with E-state index in [1.54, 1.807) is 23.1 Å². The van der Waals surface area contributed by atoms with Gasteiger partial charge in [0.2, 0.25) is 5.91 Å². The highest BCUT2D eigenvalue weighted by atomic mass is 32.1. The van der Waals surface area contributed by atoms with Crippen molar-refractivity contribution in [3.8, 4) is 0 Å². The Morgan fingerprint density at radius 1 is 0.973 bits per heavy atom. The molecule has 4 rings (SSSR count). The van der Waals surface area contributed by atoms with E-state index in [1.165, 1.54) is 43.8 Å². The Labute approximate surface area is 219 Å². The van der Waals surface area contributed by atoms with Crippen molar-refractivity contribution in [3.05, 3.63) is 87.1 Å². The Kier molecular flexibility index (Phi) is 7.73. The number of methoxy groups -OCH3 is 2. The molecule has 0 saturated heterocycles. The number of anilines is 1. The molecule has 0 fully saturated rings. The van der Waals surface area contributed by atoms with Crippen LogP contribution in [-0.4, -0.2) is 49.4 Å². The largest absolute Gasteiger partial charge is 0.465 e. The van der Waals surface area contributed by atoms with Gasteiger partial charge in [0.15, 0.2) is 0 Å². The summed E-state index contributed by atoms with van der Waals surface area (Å²) in [5, 5.41) is 4.81. The number of ether oxygens (including phenoxy) is 2. The zero-order valence-electron chi connectivity index (χ0n) is 21.0. The number of rotatable bonds is 7. The molecule has 1 aromatic heterocycles. The molecule has 2 aromatic carbocycles. The fourth-order valence-corrected chi connectivity index (χ4v) is 5.51. The van der Waals surface area contributed by atoms with Crippen molar-refractivity contribution in [2.75, 3.05) is 26.1 Å². The van der Waals surface area contributed by atoms with E-state index in [2.05, 4.69) is 5.32 Å². The minimum Gasteiger partial charge on any atom is -0.465 e. The lowest BCUT2D eigenvalue weighted by molar-refractivity contribution is -0.119. The zero-order valence-corrected chi connectivity index (χ0v) is 21.8. The minimum absolute atomic E-state index is 0.0937. The number of hydrogen-bond donors (Lipinski definition) is 1. The van der Waals surface area contributed by atoms with E-state index in [1.807, 2.05) is 37.4 Å². The third-order valence-electron chi connectivity index (χ3n) is 6.16. The van der Waals surface area contributed by atoms with Crippen molar-refractivity contribution in [2.24, 2.45) is 5.92 Å². The maximum atomic E-state index is 14.0. The highest BCUT2D eigenvalue weighted by molar-refractivity contribution is 7.10. The van der Waals surface area contributed by atoms with E-state index in [4.69, 9.17) is 9.47 Å². The molecular weight excluding hydrogens is 492 g/mol. The first-order chi connectivity index (χ1) is 17.7. The number of amides is 2. The van der Waals surface area contributed by atoms with Crippen LogP contribution in [0.2, 0.25) is 0 Å². The fraction of sp³-hybridized carbons (Fsp3) is 0.286. The molecule has 1 aliphatic heterocycles. The summed E-state index contributed by atoms with van der Waals surface area (Å²) in [5.74, 6) is -2.35. The summed E-state index contributed by atoms with van der Waals surface area (Å²) in [6, 6.07) is 14.7. The van der Waals surface area contributed by atoms with Crippen LogP contribution in [0.1, 0.15) is 67.3 Å². The van der Waals surface area contributed by atoms with Crippen molar-refractivity contribution >= 4 is 40.8 Å². The molecule has 3 aromatic rings. The van der Waals surface area contributed by atoms with Crippen LogP contribution < -0.4 is 5.32 Å². The van der Waals surface area contributed by atoms with Crippen molar-refractivity contribution in [1.82, 2.24) is 4.90 Å². The van der Waals surface area contributed by atoms with Crippen molar-refractivity contribution in [1.29, 1.82) is 0 Å². The summed E-state index contributed by atoms with van der Waals surface area (Å²) in [7, 11) is 2.46. The Morgan fingerprint density at radius 3 is 2.19 bits per heavy atom. The molecule has 0 saturated carbocycles. The lowest BCUT2D eigenvalue weighted by Crippen LogP contribution is -2.47. The van der Waals surface area contributed by atoms with Gasteiger partial charge in [0, 0.05) is 22.7 Å². The first-order valence-electron chi connectivity index (χ1n) is 11.8. The van der Waals surface area contributed by atoms with E-state index in [0.29, 0.717) is 17.7 Å². The summed E-state index contributed by atoms with van der Waals surface area (Å²) >= 11 is 1.49. The average Bonchev–Trinajstić information content (AvgIpc) is 3.43. The van der Waals surface area contributed by atoms with E-state index < -0.39 is 23.9 Å². The SMILES string of the molecule is COC(=O)c1cc(NC(=O)[C@H]2c3ccccc3C(=O)N(CC(C)C)[C@H]2c2cccs2)cc(C(=O)OC)c1. The summed E-state index contributed by atoms with van der Waals surface area (Å²) in [6.07, 6.45) is 0. The molecule has 1 N–H and O–H groups in total. The molecule has 0 unspecified atom stereocenters. The van der Waals surface area contributed by atoms with Crippen molar-refractivity contribution in [3.63, 3.8) is 0 Å². The monoisotopic (exact) mass is 520 g/mol. The highest BCUT2D eigenvalue weighted by Crippen LogP contribution is 2.45. The van der Waals surface area contributed by atoms with Gasteiger partial charge >= 0.3 is 11.9 Å². The summed E-state index contributed by atoms with van der Waals surface area (Å²) in [6.45, 7) is 4.53. The third-order valence-corrected chi connectivity index (χ3v) is 7.10. The van der Waals surface area contributed by atoms with Crippen molar-refractivity contribution in [2.45, 2.75) is 25.8 Å². The first kappa shape index (κ1) is 26.1. The van der Waals surface area contributed by atoms with Gasteiger partial charge < -0.3 is 19.7 Å². The maximum Gasteiger partial charge on any atom is 0.337 e. The van der Waals surface area contributed by atoms with Crippen LogP contribution in [0, 0.1) is 5.92 Å². The topological polar surface area (TPSA) is 102 Å². The smallest absolute Gasteiger partial charge is 0.337 e. The Balaban J connectivity index is 1.81. The van der Waals surface area contributed by atoms with Crippen LogP contribution in [0.5, 0.6) is 0 Å². The highest BCUT2D eigenvalue weighted by Gasteiger charge is 2.44. The predicted molar refractivity (Wildman–Crippen MR) is 140 cm³/mol. The number of nitrogens with zero attached hydrogens (tertiary/aromatic N) is 1. The number of carbonyl (C=O) groups is 4. The van der Waals surface area contributed by atoms with Gasteiger partial charge in [-0.1, -0.05) is 38.1 Å². The average molecular weight is 521 g/mol. The number of hydrogen-bond acceptors (Lipinski definition) is 7. The first-order valence-corrected chi connectivity index (χ1v) is 12.7. The molecule has 0 bridgehead atoms. The zero-order chi connectivity index (χ0) is 26.7. The number of benzene rings is 2. The lowest BCUT2D eigenvalue weighted by Gasteiger charge is -2.42. The standard InChI is InChI=1S/C28H28N2O6S/c1-16(2)15-30-24(22-10-7-11-37-22)23(20-8-5-6-9-21(20)26(30)32)25(31)29-19-13-17(27(33)35-3)12-18(14-19)28(34)36-4/h5-14,16,23-24H,15H2,1-4H3,(H,29,31)/t23-,24-/m0/s1. The van der Waals surface area contributed by atoms with Gasteiger partial charge in [0.1, 0.15) is 0 Å². The Morgan fingerprint density at radius 2 is 1.62 bits per heavy atom. The Bertz CT molecular complexity index is 1300. The molecule has 37 heavy (non-hydrogen) atoms. The summed E-state index contributed by atoms with van der Waals surface area (Å²) in [4.78, 5) is 54.7. The molecule has 2 amide bonds. The molecule has 0 spiro atoms. The molecule has 8 nitrogen and oxygen atoms in total. The minimum atomic E-state index is -0.727. The molecule has 2 atom stereocenters. The Hall–Kier alpha value is -3.98. The molecule has 0 aliphatic carbocycles. The van der Waals surface area contributed by atoms with Gasteiger partial charge in [-0.05, 0) is 47.2 Å². The number of carbonyl (C=O) groups excluding carboxylic acids is 4. The molecule has 9 heteroatoms. The van der Waals surface area contributed by atoms with Gasteiger partial charge in [-0.25, -0.2) is 9.59 Å². The molecule has 192 valence electrons. The molecule has 0 radical (unpaired) electrons. The van der Waals surface area contributed by atoms with Crippen molar-refractivity contribution < 1.29 is 28.7 Å². The number of esters is 2. The lowest BCUT2D eigenvalue weighted by atomic mass is 9.81. The van der Waals surface area contributed by atoms with Gasteiger partial charge in [-0.2, -0.15) is 0 Å². The van der Waals surface area contributed by atoms with Crippen LogP contribution in [0.25, 0.3) is 0 Å². The van der Waals surface area contributed by atoms with Gasteiger partial charge in [0.25, 0.3) is 5.91 Å².